The van der Waals surface area contributed by atoms with E-state index in [-0.39, 0.29) is 0 Å². The van der Waals surface area contributed by atoms with Crippen LogP contribution in [0.3, 0.4) is 0 Å². The normalized spacial score (nSPS) is 14.8. The Labute approximate surface area is 137 Å². The lowest BCUT2D eigenvalue weighted by Crippen LogP contribution is -2.64. The number of hydrogen-bond donors (Lipinski definition) is 10. The highest BCUT2D eigenvalue weighted by Crippen LogP contribution is 2.07. The molecule has 0 aromatic heterocycles. The molecule has 24 heavy (non-hydrogen) atoms. The first-order valence-electron chi connectivity index (χ1n) is 6.85. The monoisotopic (exact) mass is 356 g/mol. The van der Waals surface area contributed by atoms with Crippen LogP contribution in [0.5, 0.6) is 0 Å². The van der Waals surface area contributed by atoms with E-state index in [1.54, 1.807) is 0 Å². The number of carbonyl (C=O) groups is 2. The van der Waals surface area contributed by atoms with Crippen LogP contribution < -0.4 is 10.6 Å². The number of rotatable bonds is 11. The zero-order chi connectivity index (χ0) is 19.0. The number of carbonyl (C=O) groups excluding carboxylic acids is 2. The minimum atomic E-state index is -2.36. The molecule has 0 spiro atoms. The number of aliphatic hydroxyl groups excluding tert-OH is 8. The molecular weight excluding hydrogens is 332 g/mol. The molecule has 0 aliphatic rings. The predicted octanol–water partition coefficient (Wildman–Crippen LogP) is -6.63. The molecule has 0 aliphatic carbocycles. The largest absolute Gasteiger partial charge is 0.394 e. The summed E-state index contributed by atoms with van der Waals surface area (Å²) in [4.78, 5) is 23.5. The maximum Gasteiger partial charge on any atom is 0.252 e. The average molecular weight is 356 g/mol. The summed E-state index contributed by atoms with van der Waals surface area (Å²) in [5.41, 5.74) is -3.75. The zero-order valence-electron chi connectivity index (χ0n) is 12.8. The third kappa shape index (κ3) is 5.32. The van der Waals surface area contributed by atoms with Gasteiger partial charge in [-0.2, -0.15) is 0 Å². The lowest BCUT2D eigenvalue weighted by molar-refractivity contribution is -0.150. The van der Waals surface area contributed by atoms with Gasteiger partial charge < -0.3 is 51.5 Å². The van der Waals surface area contributed by atoms with Gasteiger partial charge in [-0.05, 0) is 0 Å². The molecule has 0 heterocycles. The summed E-state index contributed by atoms with van der Waals surface area (Å²) in [6, 6.07) is 0. The molecule has 12 heteroatoms. The second-order valence-corrected chi connectivity index (χ2v) is 5.38. The minimum Gasteiger partial charge on any atom is -0.394 e. The lowest BCUT2D eigenvalue weighted by atomic mass is 10.0. The third-order valence-corrected chi connectivity index (χ3v) is 3.43. The maximum absolute atomic E-state index is 11.8. The highest BCUT2D eigenvalue weighted by molar-refractivity contribution is 5.91. The van der Waals surface area contributed by atoms with Crippen LogP contribution in [0.1, 0.15) is 0 Å². The molecule has 0 bridgehead atoms. The molecule has 0 saturated heterocycles. The smallest absolute Gasteiger partial charge is 0.252 e. The van der Waals surface area contributed by atoms with E-state index in [1.165, 1.54) is 0 Å². The van der Waals surface area contributed by atoms with Gasteiger partial charge in [-0.3, -0.25) is 9.59 Å². The fourth-order valence-electron chi connectivity index (χ4n) is 1.49. The van der Waals surface area contributed by atoms with Crippen molar-refractivity contribution in [2.45, 2.75) is 23.3 Å². The predicted molar refractivity (Wildman–Crippen MR) is 76.3 cm³/mol. The van der Waals surface area contributed by atoms with Gasteiger partial charge in [0.25, 0.3) is 11.8 Å². The van der Waals surface area contributed by atoms with Crippen molar-refractivity contribution in [2.24, 2.45) is 0 Å². The van der Waals surface area contributed by atoms with E-state index < -0.39 is 74.7 Å². The van der Waals surface area contributed by atoms with Gasteiger partial charge in [-0.25, -0.2) is 0 Å². The fraction of sp³-hybridized carbons (Fsp3) is 0.833. The average Bonchev–Trinajstić information content (AvgIpc) is 2.62. The maximum atomic E-state index is 11.8. The van der Waals surface area contributed by atoms with Gasteiger partial charge in [0.2, 0.25) is 0 Å². The van der Waals surface area contributed by atoms with Gasteiger partial charge in [0, 0.05) is 0 Å². The molecule has 2 amide bonds. The van der Waals surface area contributed by atoms with Crippen molar-refractivity contribution >= 4 is 11.8 Å². The van der Waals surface area contributed by atoms with E-state index in [1.807, 2.05) is 10.6 Å². The summed E-state index contributed by atoms with van der Waals surface area (Å²) in [5, 5.41) is 77.5. The van der Waals surface area contributed by atoms with E-state index in [0.717, 1.165) is 0 Å². The summed E-state index contributed by atoms with van der Waals surface area (Å²) in [6.07, 6.45) is -4.72. The molecule has 0 saturated carbocycles. The van der Waals surface area contributed by atoms with Gasteiger partial charge in [-0.15, -0.1) is 0 Å². The van der Waals surface area contributed by atoms with Crippen LogP contribution in [0.25, 0.3) is 0 Å². The number of nitrogens with one attached hydrogen (secondary N) is 2. The second-order valence-electron chi connectivity index (χ2n) is 5.38. The number of amides is 2. The summed E-state index contributed by atoms with van der Waals surface area (Å²) >= 11 is 0. The third-order valence-electron chi connectivity index (χ3n) is 3.43. The Bertz CT molecular complexity index is 356. The fourth-order valence-corrected chi connectivity index (χ4v) is 1.49. The highest BCUT2D eigenvalue weighted by Gasteiger charge is 2.39. The first-order valence-corrected chi connectivity index (χ1v) is 6.85. The van der Waals surface area contributed by atoms with Crippen molar-refractivity contribution in [1.82, 2.24) is 10.6 Å². The SMILES string of the molecule is O=C(NC(CO)(CO)CO)[C@H](O)[C@@H](O)C(=O)NC(CO)(CO)CO. The summed E-state index contributed by atoms with van der Waals surface area (Å²) in [6.45, 7) is -5.31. The molecule has 0 aromatic carbocycles. The topological polar surface area (TPSA) is 220 Å². The highest BCUT2D eigenvalue weighted by atomic mass is 16.4. The van der Waals surface area contributed by atoms with Crippen LogP contribution in [-0.4, -0.2) is 116 Å². The summed E-state index contributed by atoms with van der Waals surface area (Å²) < 4.78 is 0. The Kier molecular flexibility index (Phi) is 9.24. The van der Waals surface area contributed by atoms with Gasteiger partial charge in [0.05, 0.1) is 39.6 Å². The standard InChI is InChI=1S/C12H24N2O10/c15-1-11(2-16,3-17)13-9(23)7(21)8(22)10(24)14-12(4-18,5-19)6-20/h7-8,15-22H,1-6H2,(H,13,23)(H,14,24)/t7-,8-/m1/s1. The number of hydrogen-bond acceptors (Lipinski definition) is 10. The van der Waals surface area contributed by atoms with Gasteiger partial charge in [-0.1, -0.05) is 0 Å². The van der Waals surface area contributed by atoms with Crippen LogP contribution in [0, 0.1) is 0 Å². The van der Waals surface area contributed by atoms with Gasteiger partial charge >= 0.3 is 0 Å². The van der Waals surface area contributed by atoms with Crippen LogP contribution in [0.4, 0.5) is 0 Å². The Morgan fingerprint density at radius 3 is 1.00 bits per heavy atom. The van der Waals surface area contributed by atoms with Crippen LogP contribution in [-0.2, 0) is 9.59 Å². The van der Waals surface area contributed by atoms with Crippen molar-refractivity contribution in [3.63, 3.8) is 0 Å². The zero-order valence-corrected chi connectivity index (χ0v) is 12.8. The Hall–Kier alpha value is -1.38. The van der Waals surface area contributed by atoms with Crippen molar-refractivity contribution in [2.75, 3.05) is 39.6 Å². The minimum absolute atomic E-state index is 0.886. The van der Waals surface area contributed by atoms with E-state index in [2.05, 4.69) is 0 Å². The van der Waals surface area contributed by atoms with E-state index >= 15 is 0 Å². The summed E-state index contributed by atoms with van der Waals surface area (Å²) in [7, 11) is 0. The molecule has 0 unspecified atom stereocenters. The van der Waals surface area contributed by atoms with Crippen LogP contribution >= 0.6 is 0 Å². The molecular formula is C12H24N2O10. The molecule has 12 nitrogen and oxygen atoms in total. The molecule has 10 N–H and O–H groups in total. The molecule has 2 atom stereocenters. The Balaban J connectivity index is 5.00. The molecule has 0 fully saturated rings. The molecule has 0 aliphatic heterocycles. The Morgan fingerprint density at radius 2 is 0.833 bits per heavy atom. The van der Waals surface area contributed by atoms with Crippen molar-refractivity contribution in [3.05, 3.63) is 0 Å². The van der Waals surface area contributed by atoms with Crippen molar-refractivity contribution < 1.29 is 50.4 Å². The van der Waals surface area contributed by atoms with E-state index in [0.29, 0.717) is 0 Å². The van der Waals surface area contributed by atoms with E-state index in [9.17, 15) is 19.8 Å². The first kappa shape index (κ1) is 22.6. The quantitative estimate of drug-likeness (QED) is 0.168. The van der Waals surface area contributed by atoms with Crippen molar-refractivity contribution in [1.29, 1.82) is 0 Å². The first-order chi connectivity index (χ1) is 11.2. The second kappa shape index (κ2) is 9.80. The molecule has 0 radical (unpaired) electrons. The summed E-state index contributed by atoms with van der Waals surface area (Å²) in [5.74, 6) is -2.75. The molecule has 0 rings (SSSR count). The van der Waals surface area contributed by atoms with Crippen LogP contribution in [0.2, 0.25) is 0 Å². The molecule has 142 valence electrons. The number of aliphatic hydroxyl groups is 8. The lowest BCUT2D eigenvalue weighted by Gasteiger charge is -2.32. The van der Waals surface area contributed by atoms with Crippen molar-refractivity contribution in [3.8, 4) is 0 Å². The van der Waals surface area contributed by atoms with E-state index in [4.69, 9.17) is 30.6 Å². The van der Waals surface area contributed by atoms with Gasteiger partial charge in [0.15, 0.2) is 12.2 Å². The van der Waals surface area contributed by atoms with Gasteiger partial charge in [0.1, 0.15) is 11.1 Å². The van der Waals surface area contributed by atoms with Crippen LogP contribution in [0.15, 0.2) is 0 Å². The Morgan fingerprint density at radius 1 is 0.625 bits per heavy atom. The molecule has 0 aromatic rings.